The van der Waals surface area contributed by atoms with Crippen LogP contribution >= 0.6 is 11.3 Å². The van der Waals surface area contributed by atoms with E-state index in [1.165, 1.54) is 28.4 Å². The minimum Gasteiger partial charge on any atom is -0.497 e. The monoisotopic (exact) mass is 416 g/mol. The number of benzene rings is 2. The first-order chi connectivity index (χ1) is 14.0. The molecule has 8 nitrogen and oxygen atoms in total. The van der Waals surface area contributed by atoms with Crippen molar-refractivity contribution in [3.8, 4) is 5.75 Å². The second-order valence-corrected chi connectivity index (χ2v) is 7.35. The lowest BCUT2D eigenvalue weighted by molar-refractivity contribution is 0.102. The Bertz CT molecular complexity index is 1100. The van der Waals surface area contributed by atoms with Crippen LogP contribution in [0.3, 0.4) is 0 Å². The van der Waals surface area contributed by atoms with Crippen molar-refractivity contribution in [2.75, 3.05) is 30.4 Å². The van der Waals surface area contributed by atoms with Crippen molar-refractivity contribution in [1.29, 1.82) is 0 Å². The highest BCUT2D eigenvalue weighted by atomic mass is 32.1. The number of nitrogens with zero attached hydrogens (tertiary/aromatic N) is 2. The lowest BCUT2D eigenvalue weighted by Crippen LogP contribution is -2.27. The Kier molecular flexibility index (Phi) is 5.03. The van der Waals surface area contributed by atoms with Gasteiger partial charge in [0.15, 0.2) is 5.13 Å². The molecule has 0 spiro atoms. The molecule has 3 N–H and O–H groups in total. The van der Waals surface area contributed by atoms with Gasteiger partial charge in [-0.25, -0.2) is 14.2 Å². The largest absolute Gasteiger partial charge is 0.497 e. The summed E-state index contributed by atoms with van der Waals surface area (Å²) in [6.07, 6.45) is -1.03. The van der Waals surface area contributed by atoms with Crippen LogP contribution in [0.15, 0.2) is 36.4 Å². The number of hydrogen-bond acceptors (Lipinski definition) is 7. The van der Waals surface area contributed by atoms with Crippen molar-refractivity contribution in [3.63, 3.8) is 0 Å². The molecule has 0 unspecified atom stereocenters. The van der Waals surface area contributed by atoms with Gasteiger partial charge in [-0.05, 0) is 36.4 Å². The van der Waals surface area contributed by atoms with Crippen LogP contribution in [0.4, 0.5) is 20.0 Å². The first-order valence-corrected chi connectivity index (χ1v) is 9.54. The maximum absolute atomic E-state index is 14.6. The van der Waals surface area contributed by atoms with Gasteiger partial charge in [-0.1, -0.05) is 11.3 Å². The molecule has 3 aromatic rings. The number of carbonyl (C=O) groups is 2. The van der Waals surface area contributed by atoms with Gasteiger partial charge in [-0.3, -0.25) is 15.0 Å². The number of halogens is 1. The summed E-state index contributed by atoms with van der Waals surface area (Å²) < 4.78 is 25.6. The number of thiazole rings is 1. The van der Waals surface area contributed by atoms with Crippen LogP contribution < -0.4 is 20.7 Å². The molecule has 2 amide bonds. The molecule has 0 saturated carbocycles. The normalized spacial score (nSPS) is 16.2. The topological polar surface area (TPSA) is 107 Å². The molecule has 29 heavy (non-hydrogen) atoms. The fourth-order valence-corrected chi connectivity index (χ4v) is 3.85. The summed E-state index contributed by atoms with van der Waals surface area (Å²) in [5.41, 5.74) is 6.34. The smallest absolute Gasteiger partial charge is 0.414 e. The molecule has 2 aromatic carbocycles. The van der Waals surface area contributed by atoms with Crippen LogP contribution in [0, 0.1) is 5.82 Å². The summed E-state index contributed by atoms with van der Waals surface area (Å²) in [6, 6.07) is 9.28. The van der Waals surface area contributed by atoms with E-state index in [0.717, 1.165) is 10.8 Å². The Morgan fingerprint density at radius 2 is 2.24 bits per heavy atom. The predicted molar refractivity (Wildman–Crippen MR) is 107 cm³/mol. The van der Waals surface area contributed by atoms with E-state index in [2.05, 4.69) is 10.3 Å². The fourth-order valence-electron chi connectivity index (χ4n) is 2.96. The molecule has 0 radical (unpaired) electrons. The number of methoxy groups -OCH3 is 1. The van der Waals surface area contributed by atoms with Gasteiger partial charge in [-0.2, -0.15) is 0 Å². The molecule has 1 aliphatic rings. The highest BCUT2D eigenvalue weighted by molar-refractivity contribution is 7.22. The second kappa shape index (κ2) is 7.64. The van der Waals surface area contributed by atoms with Gasteiger partial charge < -0.3 is 15.2 Å². The number of cyclic esters (lactones) is 1. The molecular weight excluding hydrogens is 399 g/mol. The van der Waals surface area contributed by atoms with Crippen molar-refractivity contribution in [1.82, 2.24) is 4.98 Å². The van der Waals surface area contributed by atoms with E-state index in [0.29, 0.717) is 22.1 Å². The van der Waals surface area contributed by atoms with Crippen molar-refractivity contribution in [2.45, 2.75) is 6.10 Å². The summed E-state index contributed by atoms with van der Waals surface area (Å²) in [7, 11) is 1.56. The molecule has 2 heterocycles. The zero-order chi connectivity index (χ0) is 20.5. The molecule has 1 aromatic heterocycles. The zero-order valence-corrected chi connectivity index (χ0v) is 16.2. The average molecular weight is 416 g/mol. The molecule has 4 rings (SSSR count). The summed E-state index contributed by atoms with van der Waals surface area (Å²) in [6.45, 7) is 0.411. The van der Waals surface area contributed by atoms with Gasteiger partial charge in [0, 0.05) is 6.54 Å². The summed E-state index contributed by atoms with van der Waals surface area (Å²) >= 11 is 1.26. The van der Waals surface area contributed by atoms with Crippen molar-refractivity contribution >= 4 is 44.4 Å². The SMILES string of the molecule is COc1ccc2nc(NC(=O)c3ccc(N4C[C@H](CN)OC4=O)cc3F)sc2c1. The number of fused-ring (bicyclic) bond motifs is 1. The Labute approximate surface area is 169 Å². The summed E-state index contributed by atoms with van der Waals surface area (Å²) in [5, 5.41) is 2.95. The standard InChI is InChI=1S/C19H17FN4O4S/c1-27-11-3-5-15-16(7-11)29-18(22-15)23-17(25)13-4-2-10(6-14(13)20)24-9-12(8-21)28-19(24)26/h2-7,12H,8-9,21H2,1H3,(H,22,23,25)/t12-/m0/s1. The van der Waals surface area contributed by atoms with Crippen molar-refractivity contribution in [2.24, 2.45) is 5.73 Å². The lowest BCUT2D eigenvalue weighted by atomic mass is 10.1. The molecule has 0 bridgehead atoms. The number of anilines is 2. The minimum atomic E-state index is -0.758. The van der Waals surface area contributed by atoms with Gasteiger partial charge in [0.05, 0.1) is 35.1 Å². The van der Waals surface area contributed by atoms with Crippen LogP contribution in [-0.4, -0.2) is 43.3 Å². The highest BCUT2D eigenvalue weighted by Gasteiger charge is 2.32. The molecule has 150 valence electrons. The van der Waals surface area contributed by atoms with E-state index < -0.39 is 23.9 Å². The predicted octanol–water partition coefficient (Wildman–Crippen LogP) is 2.98. The van der Waals surface area contributed by atoms with E-state index >= 15 is 0 Å². The van der Waals surface area contributed by atoms with E-state index in [1.54, 1.807) is 19.2 Å². The third-order valence-electron chi connectivity index (χ3n) is 4.46. The number of rotatable bonds is 5. The fraction of sp³-hybridized carbons (Fsp3) is 0.211. The van der Waals surface area contributed by atoms with Crippen molar-refractivity contribution in [3.05, 3.63) is 47.8 Å². The van der Waals surface area contributed by atoms with Crippen molar-refractivity contribution < 1.29 is 23.5 Å². The molecular formula is C19H17FN4O4S. The molecule has 1 saturated heterocycles. The number of carbonyl (C=O) groups excluding carboxylic acids is 2. The van der Waals surface area contributed by atoms with Gasteiger partial charge >= 0.3 is 6.09 Å². The average Bonchev–Trinajstić information content (AvgIpc) is 3.29. The van der Waals surface area contributed by atoms with Crippen LogP contribution in [0.25, 0.3) is 10.2 Å². The van der Waals surface area contributed by atoms with Crippen LogP contribution in [0.2, 0.25) is 0 Å². The maximum atomic E-state index is 14.6. The summed E-state index contributed by atoms with van der Waals surface area (Å²) in [5.74, 6) is -0.714. The van der Waals surface area contributed by atoms with Gasteiger partial charge in [0.1, 0.15) is 17.7 Å². The lowest BCUT2D eigenvalue weighted by Gasteiger charge is -2.14. The molecule has 1 atom stereocenters. The molecule has 1 fully saturated rings. The van der Waals surface area contributed by atoms with Crippen LogP contribution in [0.5, 0.6) is 5.75 Å². The number of nitrogens with one attached hydrogen (secondary N) is 1. The van der Waals surface area contributed by atoms with E-state index in [-0.39, 0.29) is 18.7 Å². The maximum Gasteiger partial charge on any atom is 0.414 e. The number of amides is 2. The Morgan fingerprint density at radius 3 is 2.93 bits per heavy atom. The first-order valence-electron chi connectivity index (χ1n) is 8.72. The number of hydrogen-bond donors (Lipinski definition) is 2. The van der Waals surface area contributed by atoms with Crippen LogP contribution in [-0.2, 0) is 4.74 Å². The van der Waals surface area contributed by atoms with Gasteiger partial charge in [0.2, 0.25) is 0 Å². The number of nitrogens with two attached hydrogens (primary N) is 1. The third kappa shape index (κ3) is 3.71. The Balaban J connectivity index is 1.52. The first kappa shape index (κ1) is 19.1. The summed E-state index contributed by atoms with van der Waals surface area (Å²) in [4.78, 5) is 30.0. The van der Waals surface area contributed by atoms with E-state index in [1.807, 2.05) is 6.07 Å². The quantitative estimate of drug-likeness (QED) is 0.662. The molecule has 0 aliphatic carbocycles. The number of aromatic nitrogens is 1. The molecule has 10 heteroatoms. The highest BCUT2D eigenvalue weighted by Crippen LogP contribution is 2.30. The third-order valence-corrected chi connectivity index (χ3v) is 5.40. The van der Waals surface area contributed by atoms with Gasteiger partial charge in [-0.15, -0.1) is 0 Å². The van der Waals surface area contributed by atoms with E-state index in [4.69, 9.17) is 15.2 Å². The number of ether oxygens (including phenoxy) is 2. The zero-order valence-electron chi connectivity index (χ0n) is 15.3. The Hall–Kier alpha value is -3.24. The van der Waals surface area contributed by atoms with E-state index in [9.17, 15) is 14.0 Å². The van der Waals surface area contributed by atoms with Crippen LogP contribution in [0.1, 0.15) is 10.4 Å². The Morgan fingerprint density at radius 1 is 1.41 bits per heavy atom. The second-order valence-electron chi connectivity index (χ2n) is 6.32. The minimum absolute atomic E-state index is 0.159. The molecule has 1 aliphatic heterocycles. The van der Waals surface area contributed by atoms with Gasteiger partial charge in [0.25, 0.3) is 5.91 Å².